The highest BCUT2D eigenvalue weighted by Gasteiger charge is 2.15. The molecule has 0 saturated carbocycles. The Morgan fingerprint density at radius 3 is 1.47 bits per heavy atom. The second kappa shape index (κ2) is 12.3. The minimum Gasteiger partial charge on any atom is -0.256 e. The molecule has 0 fully saturated rings. The molecule has 230 valence electrons. The van der Waals surface area contributed by atoms with E-state index in [0.29, 0.717) is 17.5 Å². The molecular weight excluding hydrogens is 619 g/mol. The average Bonchev–Trinajstić information content (AvgIpc) is 3.56. The normalized spacial score (nSPS) is 11.3. The molecule has 4 heterocycles. The zero-order valence-corrected chi connectivity index (χ0v) is 27.0. The van der Waals surface area contributed by atoms with Crippen molar-refractivity contribution in [3.8, 4) is 67.8 Å². The number of pyridine rings is 2. The smallest absolute Gasteiger partial charge is 0.164 e. The number of thiophene rings is 1. The van der Waals surface area contributed by atoms with Crippen molar-refractivity contribution >= 4 is 31.5 Å². The van der Waals surface area contributed by atoms with Crippen molar-refractivity contribution in [2.24, 2.45) is 0 Å². The van der Waals surface area contributed by atoms with Gasteiger partial charge in [0, 0.05) is 60.4 Å². The first-order chi connectivity index (χ1) is 24.2. The van der Waals surface area contributed by atoms with Gasteiger partial charge in [0.15, 0.2) is 17.5 Å². The van der Waals surface area contributed by atoms with Crippen LogP contribution in [0.4, 0.5) is 0 Å². The molecule has 9 rings (SSSR count). The summed E-state index contributed by atoms with van der Waals surface area (Å²) in [5.74, 6) is 1.92. The van der Waals surface area contributed by atoms with Gasteiger partial charge in [0.1, 0.15) is 0 Å². The van der Waals surface area contributed by atoms with Crippen LogP contribution < -0.4 is 0 Å². The Kier molecular flexibility index (Phi) is 7.26. The monoisotopic (exact) mass is 645 g/mol. The lowest BCUT2D eigenvalue weighted by Gasteiger charge is -2.09. The number of fused-ring (bicyclic) bond motifs is 3. The maximum absolute atomic E-state index is 5.04. The molecule has 0 saturated heterocycles. The molecule has 0 bridgehead atoms. The van der Waals surface area contributed by atoms with E-state index in [2.05, 4.69) is 102 Å². The Morgan fingerprint density at radius 2 is 0.837 bits per heavy atom. The second-order valence-electron chi connectivity index (χ2n) is 11.8. The number of hydrogen-bond acceptors (Lipinski definition) is 6. The molecule has 9 aromatic rings. The molecule has 49 heavy (non-hydrogen) atoms. The van der Waals surface area contributed by atoms with Crippen LogP contribution in [0.2, 0.25) is 0 Å². The Balaban J connectivity index is 1.12. The highest BCUT2D eigenvalue weighted by atomic mass is 32.1. The summed E-state index contributed by atoms with van der Waals surface area (Å²) in [5.41, 5.74) is 9.04. The summed E-state index contributed by atoms with van der Waals surface area (Å²) < 4.78 is 2.43. The van der Waals surface area contributed by atoms with Crippen molar-refractivity contribution in [3.05, 3.63) is 164 Å². The standard InChI is InChI=1S/C43H27N5S/c1-3-9-28(10-4-1)29-14-16-31(17-15-29)42-46-41(30-11-5-2-6-12-30)47-43(48-42)33-20-23-40-36(26-33)35-25-32(19-22-39(35)49-40)38-21-18-34(27-45-38)37-13-7-8-24-44-37/h1-27H. The number of nitrogens with zero attached hydrogens (tertiary/aromatic N) is 5. The van der Waals surface area contributed by atoms with Gasteiger partial charge in [-0.25, -0.2) is 15.0 Å². The van der Waals surface area contributed by atoms with E-state index in [1.807, 2.05) is 60.8 Å². The first-order valence-electron chi connectivity index (χ1n) is 16.1. The van der Waals surface area contributed by atoms with Crippen LogP contribution >= 0.6 is 11.3 Å². The SMILES string of the molecule is c1ccc(-c2ccc(-c3nc(-c4ccccc4)nc(-c4ccc5sc6ccc(-c7ccc(-c8ccccn8)cn7)cc6c5c4)n3)cc2)cc1. The maximum Gasteiger partial charge on any atom is 0.164 e. The fourth-order valence-corrected chi connectivity index (χ4v) is 7.19. The van der Waals surface area contributed by atoms with Crippen LogP contribution in [0.25, 0.3) is 88.0 Å². The lowest BCUT2D eigenvalue weighted by atomic mass is 10.0. The Labute approximate surface area is 287 Å². The Morgan fingerprint density at radius 1 is 0.347 bits per heavy atom. The van der Waals surface area contributed by atoms with Crippen molar-refractivity contribution in [3.63, 3.8) is 0 Å². The molecule has 0 aliphatic rings. The van der Waals surface area contributed by atoms with E-state index < -0.39 is 0 Å². The van der Waals surface area contributed by atoms with Gasteiger partial charge in [-0.05, 0) is 65.7 Å². The first-order valence-corrected chi connectivity index (χ1v) is 16.9. The van der Waals surface area contributed by atoms with Crippen LogP contribution in [0.15, 0.2) is 164 Å². The summed E-state index contributed by atoms with van der Waals surface area (Å²) >= 11 is 1.79. The molecule has 6 heteroatoms. The van der Waals surface area contributed by atoms with Crippen molar-refractivity contribution in [1.29, 1.82) is 0 Å². The van der Waals surface area contributed by atoms with Crippen LogP contribution in [0.1, 0.15) is 0 Å². The first kappa shape index (κ1) is 28.8. The molecule has 0 unspecified atom stereocenters. The Hall–Kier alpha value is -6.37. The third-order valence-electron chi connectivity index (χ3n) is 8.66. The molecule has 5 nitrogen and oxygen atoms in total. The fourth-order valence-electron chi connectivity index (χ4n) is 6.12. The summed E-state index contributed by atoms with van der Waals surface area (Å²) in [6.45, 7) is 0. The van der Waals surface area contributed by atoms with Gasteiger partial charge in [0.2, 0.25) is 0 Å². The van der Waals surface area contributed by atoms with Crippen molar-refractivity contribution in [2.45, 2.75) is 0 Å². The van der Waals surface area contributed by atoms with Gasteiger partial charge in [0.05, 0.1) is 11.4 Å². The molecular formula is C43H27N5S. The van der Waals surface area contributed by atoms with Crippen molar-refractivity contribution < 1.29 is 0 Å². The highest BCUT2D eigenvalue weighted by Crippen LogP contribution is 2.38. The lowest BCUT2D eigenvalue weighted by molar-refractivity contribution is 1.07. The molecule has 0 atom stereocenters. The van der Waals surface area contributed by atoms with E-state index in [4.69, 9.17) is 19.9 Å². The minimum absolute atomic E-state index is 0.639. The number of benzene rings is 5. The second-order valence-corrected chi connectivity index (χ2v) is 12.9. The van der Waals surface area contributed by atoms with Gasteiger partial charge in [-0.1, -0.05) is 97.1 Å². The summed E-state index contributed by atoms with van der Waals surface area (Å²) in [7, 11) is 0. The quantitative estimate of drug-likeness (QED) is 0.180. The summed E-state index contributed by atoms with van der Waals surface area (Å²) in [6.07, 6.45) is 3.69. The predicted molar refractivity (Wildman–Crippen MR) is 201 cm³/mol. The van der Waals surface area contributed by atoms with Crippen LogP contribution in [-0.2, 0) is 0 Å². The van der Waals surface area contributed by atoms with Gasteiger partial charge in [-0.15, -0.1) is 11.3 Å². The molecule has 0 radical (unpaired) electrons. The third-order valence-corrected chi connectivity index (χ3v) is 9.82. The summed E-state index contributed by atoms with van der Waals surface area (Å²) in [4.78, 5) is 24.2. The van der Waals surface area contributed by atoms with E-state index in [9.17, 15) is 0 Å². The molecule has 0 N–H and O–H groups in total. The lowest BCUT2D eigenvalue weighted by Crippen LogP contribution is -2.00. The van der Waals surface area contributed by atoms with Crippen molar-refractivity contribution in [2.75, 3.05) is 0 Å². The van der Waals surface area contributed by atoms with E-state index in [1.54, 1.807) is 17.5 Å². The van der Waals surface area contributed by atoms with Gasteiger partial charge in [-0.2, -0.15) is 0 Å². The third kappa shape index (κ3) is 5.64. The number of rotatable bonds is 6. The highest BCUT2D eigenvalue weighted by molar-refractivity contribution is 7.25. The van der Waals surface area contributed by atoms with Crippen LogP contribution in [0.5, 0.6) is 0 Å². The zero-order valence-electron chi connectivity index (χ0n) is 26.2. The molecule has 0 aliphatic heterocycles. The van der Waals surface area contributed by atoms with Gasteiger partial charge in [-0.3, -0.25) is 9.97 Å². The van der Waals surface area contributed by atoms with E-state index >= 15 is 0 Å². The van der Waals surface area contributed by atoms with Crippen LogP contribution in [-0.4, -0.2) is 24.9 Å². The van der Waals surface area contributed by atoms with Gasteiger partial charge < -0.3 is 0 Å². The summed E-state index contributed by atoms with van der Waals surface area (Å²) in [5, 5.41) is 2.35. The van der Waals surface area contributed by atoms with Gasteiger partial charge in [0.25, 0.3) is 0 Å². The molecule has 5 aromatic carbocycles. The summed E-state index contributed by atoms with van der Waals surface area (Å²) in [6, 6.07) is 52.0. The maximum atomic E-state index is 5.04. The Bertz CT molecular complexity index is 2570. The largest absolute Gasteiger partial charge is 0.256 e. The average molecular weight is 646 g/mol. The van der Waals surface area contributed by atoms with E-state index in [-0.39, 0.29) is 0 Å². The van der Waals surface area contributed by atoms with Crippen LogP contribution in [0, 0.1) is 0 Å². The topological polar surface area (TPSA) is 64.5 Å². The van der Waals surface area contributed by atoms with Gasteiger partial charge >= 0.3 is 0 Å². The molecule has 0 amide bonds. The molecule has 0 spiro atoms. The fraction of sp³-hybridized carbons (Fsp3) is 0. The number of hydrogen-bond donors (Lipinski definition) is 0. The minimum atomic E-state index is 0.639. The van der Waals surface area contributed by atoms with Crippen molar-refractivity contribution in [1.82, 2.24) is 24.9 Å². The van der Waals surface area contributed by atoms with E-state index in [0.717, 1.165) is 44.8 Å². The van der Waals surface area contributed by atoms with Crippen LogP contribution in [0.3, 0.4) is 0 Å². The molecule has 4 aromatic heterocycles. The number of aromatic nitrogens is 5. The zero-order chi connectivity index (χ0) is 32.6. The predicted octanol–water partition coefficient (Wildman–Crippen LogP) is 11.0. The van der Waals surface area contributed by atoms with E-state index in [1.165, 1.54) is 25.7 Å². The molecule has 0 aliphatic carbocycles.